The molecule has 0 radical (unpaired) electrons. The highest BCUT2D eigenvalue weighted by molar-refractivity contribution is 7.09. The topological polar surface area (TPSA) is 59.5 Å². The molecule has 6 heteroatoms. The summed E-state index contributed by atoms with van der Waals surface area (Å²) in [6.45, 7) is 3.88. The first-order valence-electron chi connectivity index (χ1n) is 7.63. The molecular formula is C18H18N2O3S. The van der Waals surface area contributed by atoms with Crippen molar-refractivity contribution in [1.29, 1.82) is 0 Å². The van der Waals surface area contributed by atoms with Crippen molar-refractivity contribution in [3.63, 3.8) is 0 Å². The van der Waals surface area contributed by atoms with Gasteiger partial charge >= 0.3 is 0 Å². The molecule has 0 aliphatic heterocycles. The fourth-order valence-corrected chi connectivity index (χ4v) is 3.44. The molecule has 5 nitrogen and oxygen atoms in total. The molecule has 0 bridgehead atoms. The van der Waals surface area contributed by atoms with Gasteiger partial charge in [0.1, 0.15) is 5.76 Å². The molecule has 0 amide bonds. The van der Waals surface area contributed by atoms with Crippen LogP contribution in [0.5, 0.6) is 0 Å². The Kier molecular flexibility index (Phi) is 5.08. The number of nitro groups is 1. The van der Waals surface area contributed by atoms with Gasteiger partial charge in [-0.25, -0.2) is 0 Å². The summed E-state index contributed by atoms with van der Waals surface area (Å²) in [7, 11) is 0. The number of thiophene rings is 1. The van der Waals surface area contributed by atoms with E-state index >= 15 is 0 Å². The van der Waals surface area contributed by atoms with Crippen molar-refractivity contribution in [3.05, 3.63) is 86.0 Å². The van der Waals surface area contributed by atoms with Gasteiger partial charge in [-0.2, -0.15) is 0 Å². The van der Waals surface area contributed by atoms with E-state index in [2.05, 4.69) is 16.3 Å². The van der Waals surface area contributed by atoms with Crippen LogP contribution in [-0.2, 0) is 19.6 Å². The number of rotatable bonds is 7. The Hall–Kier alpha value is -2.44. The van der Waals surface area contributed by atoms with E-state index in [1.807, 2.05) is 31.2 Å². The molecule has 0 spiro atoms. The van der Waals surface area contributed by atoms with Gasteiger partial charge in [0, 0.05) is 29.6 Å². The molecule has 124 valence electrons. The number of nitro benzene ring substituents is 1. The van der Waals surface area contributed by atoms with Crippen molar-refractivity contribution >= 4 is 17.0 Å². The van der Waals surface area contributed by atoms with E-state index in [0.29, 0.717) is 13.1 Å². The van der Waals surface area contributed by atoms with Gasteiger partial charge in [-0.05, 0) is 36.1 Å². The second kappa shape index (κ2) is 7.42. The Morgan fingerprint density at radius 2 is 2.00 bits per heavy atom. The minimum atomic E-state index is -0.324. The molecule has 1 aromatic carbocycles. The molecular weight excluding hydrogens is 324 g/mol. The van der Waals surface area contributed by atoms with Crippen LogP contribution in [0.1, 0.15) is 21.8 Å². The van der Waals surface area contributed by atoms with Crippen LogP contribution in [0, 0.1) is 17.0 Å². The molecule has 0 unspecified atom stereocenters. The van der Waals surface area contributed by atoms with Gasteiger partial charge < -0.3 is 4.42 Å². The van der Waals surface area contributed by atoms with Gasteiger partial charge in [-0.3, -0.25) is 15.0 Å². The fourth-order valence-electron chi connectivity index (χ4n) is 2.69. The smallest absolute Gasteiger partial charge is 0.272 e. The third-order valence-electron chi connectivity index (χ3n) is 3.93. The van der Waals surface area contributed by atoms with Crippen LogP contribution in [0.3, 0.4) is 0 Å². The van der Waals surface area contributed by atoms with Crippen molar-refractivity contribution in [3.8, 4) is 0 Å². The third-order valence-corrected chi connectivity index (χ3v) is 4.79. The Morgan fingerprint density at radius 3 is 2.67 bits per heavy atom. The fraction of sp³-hybridized carbons (Fsp3) is 0.222. The van der Waals surface area contributed by atoms with Crippen molar-refractivity contribution in [2.45, 2.75) is 26.6 Å². The SMILES string of the molecule is Cc1c(CN(Cc2ccco2)Cc2cccs2)cccc1[N+](=O)[O-]. The van der Waals surface area contributed by atoms with E-state index in [0.717, 1.165) is 23.4 Å². The zero-order valence-corrected chi connectivity index (χ0v) is 14.2. The summed E-state index contributed by atoms with van der Waals surface area (Å²) in [5.41, 5.74) is 1.85. The lowest BCUT2D eigenvalue weighted by atomic mass is 10.1. The van der Waals surface area contributed by atoms with E-state index in [-0.39, 0.29) is 10.6 Å². The highest BCUT2D eigenvalue weighted by atomic mass is 32.1. The van der Waals surface area contributed by atoms with E-state index < -0.39 is 0 Å². The Balaban J connectivity index is 1.83. The lowest BCUT2D eigenvalue weighted by molar-refractivity contribution is -0.385. The van der Waals surface area contributed by atoms with Crippen molar-refractivity contribution < 1.29 is 9.34 Å². The minimum Gasteiger partial charge on any atom is -0.468 e. The largest absolute Gasteiger partial charge is 0.468 e. The van der Waals surface area contributed by atoms with Crippen molar-refractivity contribution in [2.24, 2.45) is 0 Å². The zero-order chi connectivity index (χ0) is 16.9. The third kappa shape index (κ3) is 3.90. The van der Waals surface area contributed by atoms with Crippen LogP contribution in [-0.4, -0.2) is 9.82 Å². The Morgan fingerprint density at radius 1 is 1.12 bits per heavy atom. The maximum atomic E-state index is 11.2. The molecule has 3 aromatic rings. The quantitative estimate of drug-likeness (QED) is 0.459. The van der Waals surface area contributed by atoms with Gasteiger partial charge in [0.15, 0.2) is 0 Å². The molecule has 3 rings (SSSR count). The summed E-state index contributed by atoms with van der Waals surface area (Å²) in [6.07, 6.45) is 1.66. The Labute approximate surface area is 144 Å². The van der Waals surface area contributed by atoms with E-state index in [9.17, 15) is 10.1 Å². The van der Waals surface area contributed by atoms with Gasteiger partial charge in [-0.1, -0.05) is 18.2 Å². The second-order valence-corrected chi connectivity index (χ2v) is 6.65. The maximum absolute atomic E-state index is 11.2. The normalized spacial score (nSPS) is 11.1. The van der Waals surface area contributed by atoms with Crippen LogP contribution in [0.2, 0.25) is 0 Å². The minimum absolute atomic E-state index is 0.168. The second-order valence-electron chi connectivity index (χ2n) is 5.62. The first-order valence-corrected chi connectivity index (χ1v) is 8.51. The predicted octanol–water partition coefficient (Wildman–Crippen LogP) is 4.76. The standard InChI is InChI=1S/C18H18N2O3S/c1-14-15(5-2-8-18(14)20(21)22)11-19(12-16-6-3-9-23-16)13-17-7-4-10-24-17/h2-10H,11-13H2,1H3. The molecule has 2 heterocycles. The summed E-state index contributed by atoms with van der Waals surface area (Å²) < 4.78 is 5.47. The van der Waals surface area contributed by atoms with E-state index in [1.165, 1.54) is 4.88 Å². The summed E-state index contributed by atoms with van der Waals surface area (Å²) in [4.78, 5) is 14.3. The molecule has 0 saturated carbocycles. The first kappa shape index (κ1) is 16.4. The number of benzene rings is 1. The Bertz CT molecular complexity index is 762. The molecule has 2 aromatic heterocycles. The average molecular weight is 342 g/mol. The highest BCUT2D eigenvalue weighted by Gasteiger charge is 2.17. The highest BCUT2D eigenvalue weighted by Crippen LogP contribution is 2.24. The summed E-state index contributed by atoms with van der Waals surface area (Å²) >= 11 is 1.71. The van der Waals surface area contributed by atoms with Crippen molar-refractivity contribution in [2.75, 3.05) is 0 Å². The van der Waals surface area contributed by atoms with E-state index in [4.69, 9.17) is 4.42 Å². The van der Waals surface area contributed by atoms with Crippen LogP contribution in [0.15, 0.2) is 58.5 Å². The monoisotopic (exact) mass is 342 g/mol. The number of furan rings is 1. The zero-order valence-electron chi connectivity index (χ0n) is 13.3. The lowest BCUT2D eigenvalue weighted by Gasteiger charge is -2.21. The van der Waals surface area contributed by atoms with Crippen LogP contribution in [0.25, 0.3) is 0 Å². The number of hydrogen-bond acceptors (Lipinski definition) is 5. The van der Waals surface area contributed by atoms with Gasteiger partial charge in [0.05, 0.1) is 17.7 Å². The molecule has 0 fully saturated rings. The molecule has 0 atom stereocenters. The lowest BCUT2D eigenvalue weighted by Crippen LogP contribution is -2.22. The predicted molar refractivity (Wildman–Crippen MR) is 93.8 cm³/mol. The van der Waals surface area contributed by atoms with Gasteiger partial charge in [0.25, 0.3) is 5.69 Å². The molecule has 0 aliphatic rings. The maximum Gasteiger partial charge on any atom is 0.272 e. The average Bonchev–Trinajstić information content (AvgIpc) is 3.23. The molecule has 0 aliphatic carbocycles. The van der Waals surface area contributed by atoms with Crippen molar-refractivity contribution in [1.82, 2.24) is 4.90 Å². The van der Waals surface area contributed by atoms with Crippen LogP contribution in [0.4, 0.5) is 5.69 Å². The number of hydrogen-bond donors (Lipinski definition) is 0. The van der Waals surface area contributed by atoms with E-state index in [1.54, 1.807) is 29.7 Å². The molecule has 0 saturated heterocycles. The summed E-state index contributed by atoms with van der Waals surface area (Å²) in [6, 6.07) is 13.2. The summed E-state index contributed by atoms with van der Waals surface area (Å²) in [5.74, 6) is 0.884. The molecule has 24 heavy (non-hydrogen) atoms. The molecule has 0 N–H and O–H groups in total. The summed E-state index contributed by atoms with van der Waals surface area (Å²) in [5, 5.41) is 13.2. The van der Waals surface area contributed by atoms with Gasteiger partial charge in [0.2, 0.25) is 0 Å². The van der Waals surface area contributed by atoms with Gasteiger partial charge in [-0.15, -0.1) is 11.3 Å². The number of nitrogens with zero attached hydrogens (tertiary/aromatic N) is 2. The first-order chi connectivity index (χ1) is 11.6. The van der Waals surface area contributed by atoms with Crippen LogP contribution >= 0.6 is 11.3 Å². The van der Waals surface area contributed by atoms with Crippen LogP contribution < -0.4 is 0 Å².